The average molecular weight is 333 g/mol. The number of non-ortho nitro benzene ring substituents is 1. The molecule has 0 saturated heterocycles. The molecule has 0 bridgehead atoms. The van der Waals surface area contributed by atoms with Crippen molar-refractivity contribution in [2.45, 2.75) is 10.8 Å². The monoisotopic (exact) mass is 332 g/mol. The fourth-order valence-electron chi connectivity index (χ4n) is 1.43. The van der Waals surface area contributed by atoms with Crippen molar-refractivity contribution in [2.24, 2.45) is 0 Å². The zero-order valence-electron chi connectivity index (χ0n) is 9.95. The normalized spacial score (nSPS) is 11.4. The van der Waals surface area contributed by atoms with Crippen LogP contribution < -0.4 is 4.72 Å². The third-order valence-electron chi connectivity index (χ3n) is 2.43. The number of hydrogen-bond donors (Lipinski definition) is 1. The molecular weight excluding hydrogens is 324 g/mol. The van der Waals surface area contributed by atoms with E-state index in [-0.39, 0.29) is 16.4 Å². The van der Waals surface area contributed by atoms with Crippen molar-refractivity contribution in [1.29, 1.82) is 0 Å². The standard InChI is InChI=1S/C11H9ClN2O4S2/c12-10-5-6-11(19-10)20(17,18)13-7-8-1-3-9(4-2-8)14(15)16/h1-6,13H,7H2. The van der Waals surface area contributed by atoms with E-state index in [1.54, 1.807) is 0 Å². The molecule has 0 unspecified atom stereocenters. The number of rotatable bonds is 5. The number of sulfonamides is 1. The Morgan fingerprint density at radius 2 is 1.85 bits per heavy atom. The van der Waals surface area contributed by atoms with Gasteiger partial charge in [0.15, 0.2) is 0 Å². The Morgan fingerprint density at radius 1 is 1.20 bits per heavy atom. The van der Waals surface area contributed by atoms with Gasteiger partial charge in [0.25, 0.3) is 5.69 Å². The fraction of sp³-hybridized carbons (Fsp3) is 0.0909. The lowest BCUT2D eigenvalue weighted by Crippen LogP contribution is -2.22. The van der Waals surface area contributed by atoms with Gasteiger partial charge in [0.05, 0.1) is 9.26 Å². The van der Waals surface area contributed by atoms with E-state index in [1.807, 2.05) is 0 Å². The molecule has 0 aliphatic rings. The summed E-state index contributed by atoms with van der Waals surface area (Å²) in [5, 5.41) is 10.5. The van der Waals surface area contributed by atoms with Gasteiger partial charge in [-0.15, -0.1) is 11.3 Å². The van der Waals surface area contributed by atoms with E-state index >= 15 is 0 Å². The lowest BCUT2D eigenvalue weighted by Gasteiger charge is -2.04. The van der Waals surface area contributed by atoms with Gasteiger partial charge < -0.3 is 0 Å². The fourth-order valence-corrected chi connectivity index (χ4v) is 3.97. The number of nitro benzene ring substituents is 1. The molecule has 20 heavy (non-hydrogen) atoms. The highest BCUT2D eigenvalue weighted by atomic mass is 35.5. The van der Waals surface area contributed by atoms with E-state index in [9.17, 15) is 18.5 Å². The molecule has 2 aromatic rings. The van der Waals surface area contributed by atoms with Gasteiger partial charge in [0, 0.05) is 18.7 Å². The van der Waals surface area contributed by atoms with E-state index in [2.05, 4.69) is 4.72 Å². The van der Waals surface area contributed by atoms with Gasteiger partial charge in [-0.1, -0.05) is 23.7 Å². The van der Waals surface area contributed by atoms with Gasteiger partial charge in [-0.2, -0.15) is 0 Å². The van der Waals surface area contributed by atoms with Crippen LogP contribution in [0.5, 0.6) is 0 Å². The lowest BCUT2D eigenvalue weighted by atomic mass is 10.2. The SMILES string of the molecule is O=[N+]([O-])c1ccc(CNS(=O)(=O)c2ccc(Cl)s2)cc1. The van der Waals surface area contributed by atoms with Gasteiger partial charge in [0.1, 0.15) is 4.21 Å². The molecule has 9 heteroatoms. The van der Waals surface area contributed by atoms with Crippen LogP contribution >= 0.6 is 22.9 Å². The summed E-state index contributed by atoms with van der Waals surface area (Å²) >= 11 is 6.65. The molecule has 0 atom stereocenters. The summed E-state index contributed by atoms with van der Waals surface area (Å²) in [7, 11) is -3.61. The molecule has 0 aliphatic heterocycles. The van der Waals surface area contributed by atoms with Crippen LogP contribution in [0.1, 0.15) is 5.56 Å². The third-order valence-corrected chi connectivity index (χ3v) is 5.55. The quantitative estimate of drug-likeness (QED) is 0.673. The lowest BCUT2D eigenvalue weighted by molar-refractivity contribution is -0.384. The predicted octanol–water partition coefficient (Wildman–Crippen LogP) is 2.79. The van der Waals surface area contributed by atoms with Gasteiger partial charge >= 0.3 is 0 Å². The first-order valence-corrected chi connectivity index (χ1v) is 8.04. The maximum absolute atomic E-state index is 11.9. The molecule has 0 saturated carbocycles. The molecule has 1 aromatic heterocycles. The van der Waals surface area contributed by atoms with Crippen LogP contribution in [-0.2, 0) is 16.6 Å². The Balaban J connectivity index is 2.06. The number of hydrogen-bond acceptors (Lipinski definition) is 5. The minimum Gasteiger partial charge on any atom is -0.258 e. The molecule has 1 aromatic carbocycles. The summed E-state index contributed by atoms with van der Waals surface area (Å²) in [5.41, 5.74) is 0.587. The Labute approximate surface area is 124 Å². The summed E-state index contributed by atoms with van der Waals surface area (Å²) in [6.45, 7) is 0.0514. The Kier molecular flexibility index (Phi) is 4.39. The van der Waals surface area contributed by atoms with Crippen molar-refractivity contribution in [3.05, 3.63) is 56.4 Å². The minimum atomic E-state index is -3.61. The van der Waals surface area contributed by atoms with Crippen LogP contribution in [0.15, 0.2) is 40.6 Å². The van der Waals surface area contributed by atoms with Crippen molar-refractivity contribution in [2.75, 3.05) is 0 Å². The molecule has 2 rings (SSSR count). The average Bonchev–Trinajstić information content (AvgIpc) is 2.84. The number of halogens is 1. The van der Waals surface area contributed by atoms with Crippen LogP contribution in [0, 0.1) is 10.1 Å². The molecule has 0 spiro atoms. The zero-order chi connectivity index (χ0) is 14.8. The van der Waals surface area contributed by atoms with Crippen LogP contribution in [0.3, 0.4) is 0 Å². The summed E-state index contributed by atoms with van der Waals surface area (Å²) in [5.74, 6) is 0. The highest BCUT2D eigenvalue weighted by molar-refractivity contribution is 7.91. The second-order valence-electron chi connectivity index (χ2n) is 3.81. The Bertz CT molecular complexity index is 725. The van der Waals surface area contributed by atoms with Crippen molar-refractivity contribution in [1.82, 2.24) is 4.72 Å². The van der Waals surface area contributed by atoms with Crippen molar-refractivity contribution >= 4 is 38.6 Å². The minimum absolute atomic E-state index is 0.0401. The summed E-state index contributed by atoms with van der Waals surface area (Å²) in [6, 6.07) is 8.58. The first-order valence-electron chi connectivity index (χ1n) is 5.37. The smallest absolute Gasteiger partial charge is 0.258 e. The Hall–Kier alpha value is -1.48. The van der Waals surface area contributed by atoms with E-state index in [1.165, 1.54) is 36.4 Å². The molecule has 0 radical (unpaired) electrons. The number of benzene rings is 1. The van der Waals surface area contributed by atoms with E-state index in [4.69, 9.17) is 11.6 Å². The van der Waals surface area contributed by atoms with Gasteiger partial charge in [-0.25, -0.2) is 13.1 Å². The first kappa shape index (κ1) is 14.9. The molecular formula is C11H9ClN2O4S2. The summed E-state index contributed by atoms with van der Waals surface area (Å²) in [4.78, 5) is 9.99. The van der Waals surface area contributed by atoms with E-state index in [0.717, 1.165) is 11.3 Å². The highest BCUT2D eigenvalue weighted by Gasteiger charge is 2.16. The number of nitro groups is 1. The summed E-state index contributed by atoms with van der Waals surface area (Å²) in [6.07, 6.45) is 0. The first-order chi connectivity index (χ1) is 9.38. The van der Waals surface area contributed by atoms with Crippen molar-refractivity contribution < 1.29 is 13.3 Å². The molecule has 1 heterocycles. The van der Waals surface area contributed by atoms with E-state index in [0.29, 0.717) is 9.90 Å². The van der Waals surface area contributed by atoms with Gasteiger partial charge in [-0.05, 0) is 17.7 Å². The molecule has 106 valence electrons. The highest BCUT2D eigenvalue weighted by Crippen LogP contribution is 2.25. The molecule has 6 nitrogen and oxygen atoms in total. The zero-order valence-corrected chi connectivity index (χ0v) is 12.3. The Morgan fingerprint density at radius 3 is 2.35 bits per heavy atom. The number of nitrogens with one attached hydrogen (secondary N) is 1. The van der Waals surface area contributed by atoms with Crippen LogP contribution in [0.4, 0.5) is 5.69 Å². The summed E-state index contributed by atoms with van der Waals surface area (Å²) < 4.78 is 26.8. The van der Waals surface area contributed by atoms with Crippen LogP contribution in [0.2, 0.25) is 4.34 Å². The second kappa shape index (κ2) is 5.88. The topological polar surface area (TPSA) is 89.3 Å². The third kappa shape index (κ3) is 3.54. The largest absolute Gasteiger partial charge is 0.269 e. The maximum Gasteiger partial charge on any atom is 0.269 e. The molecule has 1 N–H and O–H groups in total. The van der Waals surface area contributed by atoms with Crippen molar-refractivity contribution in [3.8, 4) is 0 Å². The molecule has 0 amide bonds. The van der Waals surface area contributed by atoms with Gasteiger partial charge in [0.2, 0.25) is 10.0 Å². The predicted molar refractivity (Wildman–Crippen MR) is 76.5 cm³/mol. The molecule has 0 aliphatic carbocycles. The second-order valence-corrected chi connectivity index (χ2v) is 7.52. The van der Waals surface area contributed by atoms with Crippen molar-refractivity contribution in [3.63, 3.8) is 0 Å². The maximum atomic E-state index is 11.9. The van der Waals surface area contributed by atoms with Crippen LogP contribution in [0.25, 0.3) is 0 Å². The number of thiophene rings is 1. The van der Waals surface area contributed by atoms with Gasteiger partial charge in [-0.3, -0.25) is 10.1 Å². The van der Waals surface area contributed by atoms with Crippen LogP contribution in [-0.4, -0.2) is 13.3 Å². The van der Waals surface area contributed by atoms with E-state index < -0.39 is 14.9 Å². The molecule has 0 fully saturated rings. The number of nitrogens with zero attached hydrogens (tertiary/aromatic N) is 1.